The lowest BCUT2D eigenvalue weighted by Crippen LogP contribution is -2.42. The van der Waals surface area contributed by atoms with Crippen molar-refractivity contribution in [1.82, 2.24) is 9.21 Å². The van der Waals surface area contributed by atoms with Crippen LogP contribution < -0.4 is 0 Å². The molecule has 2 aliphatic heterocycles. The molecule has 2 fully saturated rings. The summed E-state index contributed by atoms with van der Waals surface area (Å²) in [6.45, 7) is 3.62. The molecule has 9 heteroatoms. The maximum absolute atomic E-state index is 12.5. The first-order valence-corrected chi connectivity index (χ1v) is 11.2. The van der Waals surface area contributed by atoms with Crippen LogP contribution in [0.4, 0.5) is 0 Å². The van der Waals surface area contributed by atoms with Gasteiger partial charge in [0.15, 0.2) is 6.10 Å². The molecule has 0 bridgehead atoms. The van der Waals surface area contributed by atoms with Gasteiger partial charge in [-0.15, -0.1) is 11.3 Å². The summed E-state index contributed by atoms with van der Waals surface area (Å²) in [5.74, 6) is -0.912. The lowest BCUT2D eigenvalue weighted by molar-refractivity contribution is -0.163. The van der Waals surface area contributed by atoms with Gasteiger partial charge in [-0.3, -0.25) is 9.59 Å². The zero-order valence-corrected chi connectivity index (χ0v) is 16.4. The van der Waals surface area contributed by atoms with Gasteiger partial charge in [0, 0.05) is 26.2 Å². The van der Waals surface area contributed by atoms with Crippen molar-refractivity contribution >= 4 is 33.2 Å². The Morgan fingerprint density at radius 2 is 1.85 bits per heavy atom. The Morgan fingerprint density at radius 1 is 1.19 bits per heavy atom. The lowest BCUT2D eigenvalue weighted by atomic mass is 9.98. The number of nitrogens with zero attached hydrogens (tertiary/aromatic N) is 2. The Kier molecular flexibility index (Phi) is 5.99. The smallest absolute Gasteiger partial charge is 0.309 e. The maximum Gasteiger partial charge on any atom is 0.309 e. The van der Waals surface area contributed by atoms with Gasteiger partial charge in [-0.2, -0.15) is 4.31 Å². The molecular formula is C17H24N2O5S2. The second-order valence-electron chi connectivity index (χ2n) is 6.72. The normalized spacial score (nSPS) is 20.9. The molecule has 1 aromatic heterocycles. The van der Waals surface area contributed by atoms with E-state index in [-0.39, 0.29) is 24.9 Å². The van der Waals surface area contributed by atoms with Gasteiger partial charge in [0.2, 0.25) is 0 Å². The third-order valence-corrected chi connectivity index (χ3v) is 8.21. The number of esters is 1. The quantitative estimate of drug-likeness (QED) is 0.703. The van der Waals surface area contributed by atoms with Gasteiger partial charge in [0.25, 0.3) is 15.9 Å². The van der Waals surface area contributed by atoms with Crippen LogP contribution in [0.5, 0.6) is 0 Å². The Bertz CT molecular complexity index is 733. The Morgan fingerprint density at radius 3 is 2.42 bits per heavy atom. The van der Waals surface area contributed by atoms with Crippen LogP contribution in [-0.4, -0.2) is 61.8 Å². The number of amides is 1. The fraction of sp³-hybridized carbons (Fsp3) is 0.647. The van der Waals surface area contributed by atoms with E-state index in [1.165, 1.54) is 15.6 Å². The lowest BCUT2D eigenvalue weighted by Gasteiger charge is -2.30. The van der Waals surface area contributed by atoms with Crippen molar-refractivity contribution in [3.8, 4) is 0 Å². The first-order valence-electron chi connectivity index (χ1n) is 8.92. The summed E-state index contributed by atoms with van der Waals surface area (Å²) >= 11 is 1.19. The van der Waals surface area contributed by atoms with Crippen LogP contribution >= 0.6 is 11.3 Å². The molecule has 1 unspecified atom stereocenters. The summed E-state index contributed by atoms with van der Waals surface area (Å²) in [7, 11) is -3.48. The van der Waals surface area contributed by atoms with Crippen molar-refractivity contribution < 1.29 is 22.7 Å². The van der Waals surface area contributed by atoms with E-state index in [0.717, 1.165) is 25.9 Å². The number of likely N-dealkylation sites (tertiary alicyclic amines) is 1. The molecule has 3 rings (SSSR count). The predicted octanol–water partition coefficient (Wildman–Crippen LogP) is 1.70. The Balaban J connectivity index is 1.51. The van der Waals surface area contributed by atoms with Crippen LogP contribution in [-0.2, 0) is 24.3 Å². The molecule has 1 amide bonds. The summed E-state index contributed by atoms with van der Waals surface area (Å²) in [6, 6.07) is 3.30. The third kappa shape index (κ3) is 4.10. The van der Waals surface area contributed by atoms with Crippen LogP contribution in [0.3, 0.4) is 0 Å². The van der Waals surface area contributed by atoms with E-state index < -0.39 is 22.1 Å². The number of carbonyl (C=O) groups is 2. The van der Waals surface area contributed by atoms with Crippen molar-refractivity contribution in [3.63, 3.8) is 0 Å². The third-order valence-electron chi connectivity index (χ3n) is 4.93. The zero-order chi connectivity index (χ0) is 18.7. The number of thiophene rings is 1. The zero-order valence-electron chi connectivity index (χ0n) is 14.8. The van der Waals surface area contributed by atoms with E-state index in [1.807, 2.05) is 0 Å². The van der Waals surface area contributed by atoms with Gasteiger partial charge in [0.05, 0.1) is 5.92 Å². The van der Waals surface area contributed by atoms with E-state index in [9.17, 15) is 18.0 Å². The molecule has 1 atom stereocenters. The number of piperidine rings is 1. The predicted molar refractivity (Wildman–Crippen MR) is 97.2 cm³/mol. The first kappa shape index (κ1) is 19.3. The molecule has 26 heavy (non-hydrogen) atoms. The topological polar surface area (TPSA) is 84.0 Å². The highest BCUT2D eigenvalue weighted by molar-refractivity contribution is 7.91. The van der Waals surface area contributed by atoms with Crippen molar-refractivity contribution in [2.24, 2.45) is 5.92 Å². The van der Waals surface area contributed by atoms with E-state index in [1.54, 1.807) is 29.3 Å². The minimum atomic E-state index is -3.48. The molecule has 3 heterocycles. The number of hydrogen-bond donors (Lipinski definition) is 0. The second kappa shape index (κ2) is 8.06. The van der Waals surface area contributed by atoms with Crippen LogP contribution in [0.15, 0.2) is 21.7 Å². The summed E-state index contributed by atoms with van der Waals surface area (Å²) in [5.41, 5.74) is 0. The number of sulfonamides is 1. The minimum Gasteiger partial charge on any atom is -0.452 e. The van der Waals surface area contributed by atoms with E-state index >= 15 is 0 Å². The van der Waals surface area contributed by atoms with E-state index in [4.69, 9.17) is 4.74 Å². The molecule has 144 valence electrons. The van der Waals surface area contributed by atoms with Crippen molar-refractivity contribution in [2.75, 3.05) is 26.2 Å². The maximum atomic E-state index is 12.5. The van der Waals surface area contributed by atoms with Crippen LogP contribution in [0.2, 0.25) is 0 Å². The van der Waals surface area contributed by atoms with E-state index in [2.05, 4.69) is 0 Å². The summed E-state index contributed by atoms with van der Waals surface area (Å²) in [4.78, 5) is 26.3. The molecule has 2 aliphatic rings. The molecule has 0 radical (unpaired) electrons. The molecule has 0 aliphatic carbocycles. The molecule has 1 aromatic rings. The van der Waals surface area contributed by atoms with Gasteiger partial charge in [-0.25, -0.2) is 8.42 Å². The molecule has 0 aromatic carbocycles. The van der Waals surface area contributed by atoms with Crippen LogP contribution in [0, 0.1) is 5.92 Å². The SMILES string of the molecule is CC(OC(=O)C1CCN(S(=O)(=O)c2cccs2)CC1)C(=O)N1CCCC1. The monoisotopic (exact) mass is 400 g/mol. The van der Waals surface area contributed by atoms with Crippen molar-refractivity contribution in [3.05, 3.63) is 17.5 Å². The second-order valence-corrected chi connectivity index (χ2v) is 9.83. The van der Waals surface area contributed by atoms with Crippen LogP contribution in [0.1, 0.15) is 32.6 Å². The molecule has 0 spiro atoms. The highest BCUT2D eigenvalue weighted by atomic mass is 32.2. The summed E-state index contributed by atoms with van der Waals surface area (Å²) in [6.07, 6.45) is 2.02. The number of hydrogen-bond acceptors (Lipinski definition) is 6. The van der Waals surface area contributed by atoms with Gasteiger partial charge >= 0.3 is 5.97 Å². The molecule has 2 saturated heterocycles. The van der Waals surface area contributed by atoms with Crippen LogP contribution in [0.25, 0.3) is 0 Å². The molecular weight excluding hydrogens is 376 g/mol. The van der Waals surface area contributed by atoms with Gasteiger partial charge in [-0.05, 0) is 44.1 Å². The number of rotatable bonds is 5. The minimum absolute atomic E-state index is 0.145. The highest BCUT2D eigenvalue weighted by Crippen LogP contribution is 2.27. The van der Waals surface area contributed by atoms with Crippen molar-refractivity contribution in [1.29, 1.82) is 0 Å². The average Bonchev–Trinajstić information content (AvgIpc) is 3.34. The molecule has 0 saturated carbocycles. The largest absolute Gasteiger partial charge is 0.452 e. The Labute approximate surface area is 158 Å². The standard InChI is InChI=1S/C17H24N2O5S2/c1-13(16(20)18-8-2-3-9-18)24-17(21)14-6-10-19(11-7-14)26(22,23)15-5-4-12-25-15/h4-5,12-14H,2-3,6-11H2,1H3. The summed E-state index contributed by atoms with van der Waals surface area (Å²) < 4.78 is 32.1. The van der Waals surface area contributed by atoms with Gasteiger partial charge in [-0.1, -0.05) is 6.07 Å². The van der Waals surface area contributed by atoms with Crippen molar-refractivity contribution in [2.45, 2.75) is 42.9 Å². The summed E-state index contributed by atoms with van der Waals surface area (Å²) in [5, 5.41) is 1.73. The van der Waals surface area contributed by atoms with E-state index in [0.29, 0.717) is 17.1 Å². The number of carbonyl (C=O) groups excluding carboxylic acids is 2. The molecule has 7 nitrogen and oxygen atoms in total. The number of ether oxygens (including phenoxy) is 1. The fourth-order valence-electron chi connectivity index (χ4n) is 3.38. The highest BCUT2D eigenvalue weighted by Gasteiger charge is 2.35. The fourth-order valence-corrected chi connectivity index (χ4v) is 6.00. The Hall–Kier alpha value is -1.45. The van der Waals surface area contributed by atoms with Gasteiger partial charge in [0.1, 0.15) is 4.21 Å². The van der Waals surface area contributed by atoms with Gasteiger partial charge < -0.3 is 9.64 Å². The average molecular weight is 401 g/mol. The molecule has 0 N–H and O–H groups in total. The first-order chi connectivity index (χ1) is 12.4.